The molecule has 0 saturated heterocycles. The molecule has 0 aliphatic carbocycles. The van der Waals surface area contributed by atoms with Crippen LogP contribution in [0.2, 0.25) is 0 Å². The van der Waals surface area contributed by atoms with Crippen molar-refractivity contribution in [1.29, 1.82) is 0 Å². The van der Waals surface area contributed by atoms with Gasteiger partial charge in [0.25, 0.3) is 0 Å². The minimum absolute atomic E-state index is 0.176. The zero-order valence-corrected chi connectivity index (χ0v) is 10.8. The van der Waals surface area contributed by atoms with Gasteiger partial charge >= 0.3 is 6.09 Å². The number of amides is 1. The van der Waals surface area contributed by atoms with E-state index in [4.69, 9.17) is 4.74 Å². The Bertz CT molecular complexity index is 576. The topological polar surface area (TPSA) is 73.1 Å². The van der Waals surface area contributed by atoms with E-state index < -0.39 is 6.09 Å². The number of carbonyl (C=O) groups excluding carboxylic acids is 1. The van der Waals surface area contributed by atoms with Crippen molar-refractivity contribution in [1.82, 2.24) is 24.6 Å². The maximum absolute atomic E-state index is 11.5. The second-order valence-electron chi connectivity index (χ2n) is 4.36. The van der Waals surface area contributed by atoms with E-state index in [1.807, 2.05) is 13.8 Å². The van der Waals surface area contributed by atoms with Gasteiger partial charge in [-0.15, -0.1) is 0 Å². The first kappa shape index (κ1) is 12.3. The molecule has 0 radical (unpaired) electrons. The molecule has 1 amide bonds. The molecule has 0 unspecified atom stereocenters. The first-order chi connectivity index (χ1) is 8.50. The molecular weight excluding hydrogens is 234 g/mol. The Morgan fingerprint density at radius 1 is 1.39 bits per heavy atom. The summed E-state index contributed by atoms with van der Waals surface area (Å²) in [6, 6.07) is 0.176. The smallest absolute Gasteiger partial charge is 0.390 e. The summed E-state index contributed by atoms with van der Waals surface area (Å²) in [5, 5.41) is 4.84. The molecule has 0 aliphatic rings. The summed E-state index contributed by atoms with van der Waals surface area (Å²) in [5.41, 5.74) is 0.654. The van der Waals surface area contributed by atoms with Crippen molar-refractivity contribution < 1.29 is 9.53 Å². The predicted octanol–water partition coefficient (Wildman–Crippen LogP) is 1.47. The molecule has 2 rings (SSSR count). The largest absolute Gasteiger partial charge is 0.416 e. The summed E-state index contributed by atoms with van der Waals surface area (Å²) in [6.45, 7) is 4.00. The van der Waals surface area contributed by atoms with E-state index in [0.717, 1.165) is 0 Å². The fraction of sp³-hybridized carbons (Fsp3) is 0.455. The lowest BCUT2D eigenvalue weighted by molar-refractivity contribution is 0.170. The monoisotopic (exact) mass is 249 g/mol. The summed E-state index contributed by atoms with van der Waals surface area (Å²) in [5.74, 6) is 0.227. The third-order valence-corrected chi connectivity index (χ3v) is 2.39. The third kappa shape index (κ3) is 2.11. The molecule has 2 aromatic heterocycles. The Morgan fingerprint density at radius 3 is 2.72 bits per heavy atom. The van der Waals surface area contributed by atoms with E-state index in [-0.39, 0.29) is 11.9 Å². The average molecular weight is 249 g/mol. The second-order valence-corrected chi connectivity index (χ2v) is 4.36. The molecule has 0 fully saturated rings. The lowest BCUT2D eigenvalue weighted by atomic mass is 10.4. The molecule has 2 heterocycles. The van der Waals surface area contributed by atoms with Gasteiger partial charge in [-0.25, -0.2) is 19.4 Å². The van der Waals surface area contributed by atoms with Crippen LogP contribution < -0.4 is 4.74 Å². The van der Waals surface area contributed by atoms with Crippen LogP contribution in [0.1, 0.15) is 19.9 Å². The van der Waals surface area contributed by atoms with Gasteiger partial charge in [0.2, 0.25) is 5.88 Å². The van der Waals surface area contributed by atoms with Crippen molar-refractivity contribution in [2.45, 2.75) is 19.9 Å². The van der Waals surface area contributed by atoms with E-state index in [2.05, 4.69) is 15.1 Å². The molecule has 0 spiro atoms. The molecule has 7 heteroatoms. The Hall–Kier alpha value is -2.18. The number of ether oxygens (including phenoxy) is 1. The van der Waals surface area contributed by atoms with E-state index in [1.54, 1.807) is 25.0 Å². The van der Waals surface area contributed by atoms with Gasteiger partial charge in [-0.1, -0.05) is 0 Å². The van der Waals surface area contributed by atoms with E-state index in [1.165, 1.54) is 11.2 Å². The van der Waals surface area contributed by atoms with Crippen molar-refractivity contribution in [2.24, 2.45) is 0 Å². The molecule has 0 bridgehead atoms. The van der Waals surface area contributed by atoms with E-state index in [9.17, 15) is 4.79 Å². The zero-order chi connectivity index (χ0) is 13.3. The van der Waals surface area contributed by atoms with Crippen LogP contribution in [0, 0.1) is 0 Å². The van der Waals surface area contributed by atoms with Gasteiger partial charge in [-0.2, -0.15) is 5.10 Å². The standard InChI is InChI=1S/C11H15N5O2/c1-7(2)16-9-8(5-14-16)10(13-6-12-9)18-11(17)15(3)4/h5-7H,1-4H3. The molecule has 96 valence electrons. The van der Waals surface area contributed by atoms with Crippen molar-refractivity contribution in [2.75, 3.05) is 14.1 Å². The van der Waals surface area contributed by atoms with Gasteiger partial charge in [0.05, 0.1) is 6.20 Å². The summed E-state index contributed by atoms with van der Waals surface area (Å²) in [6.07, 6.45) is 2.49. The fourth-order valence-electron chi connectivity index (χ4n) is 1.47. The van der Waals surface area contributed by atoms with Crippen molar-refractivity contribution >= 4 is 17.1 Å². The molecular formula is C11H15N5O2. The molecule has 18 heavy (non-hydrogen) atoms. The van der Waals surface area contributed by atoms with Crippen LogP contribution in [-0.4, -0.2) is 44.8 Å². The molecule has 0 aromatic carbocycles. The van der Waals surface area contributed by atoms with Crippen LogP contribution in [0.3, 0.4) is 0 Å². The first-order valence-electron chi connectivity index (χ1n) is 5.58. The minimum atomic E-state index is -0.479. The van der Waals surface area contributed by atoms with Crippen molar-refractivity contribution in [3.8, 4) is 5.88 Å². The summed E-state index contributed by atoms with van der Waals surface area (Å²) in [7, 11) is 3.22. The Balaban J connectivity index is 2.44. The van der Waals surface area contributed by atoms with Crippen LogP contribution in [0.15, 0.2) is 12.5 Å². The molecule has 0 N–H and O–H groups in total. The maximum atomic E-state index is 11.5. The number of hydrogen-bond acceptors (Lipinski definition) is 5. The van der Waals surface area contributed by atoms with E-state index in [0.29, 0.717) is 11.0 Å². The van der Waals surface area contributed by atoms with Crippen molar-refractivity contribution in [3.05, 3.63) is 12.5 Å². The number of nitrogens with zero attached hydrogens (tertiary/aromatic N) is 5. The number of aromatic nitrogens is 4. The maximum Gasteiger partial charge on any atom is 0.416 e. The Kier molecular flexibility index (Phi) is 3.14. The third-order valence-electron chi connectivity index (χ3n) is 2.39. The zero-order valence-electron chi connectivity index (χ0n) is 10.8. The van der Waals surface area contributed by atoms with E-state index >= 15 is 0 Å². The summed E-state index contributed by atoms with van der Waals surface area (Å²) in [4.78, 5) is 21.0. The molecule has 0 atom stereocenters. The quantitative estimate of drug-likeness (QED) is 0.805. The molecule has 0 saturated carbocycles. The fourth-order valence-corrected chi connectivity index (χ4v) is 1.47. The highest BCUT2D eigenvalue weighted by Crippen LogP contribution is 2.23. The van der Waals surface area contributed by atoms with Gasteiger partial charge in [-0.3, -0.25) is 0 Å². The SMILES string of the molecule is CC(C)n1ncc2c(OC(=O)N(C)C)ncnc21. The van der Waals surface area contributed by atoms with Crippen LogP contribution >= 0.6 is 0 Å². The normalized spacial score (nSPS) is 10.9. The average Bonchev–Trinajstić information content (AvgIpc) is 2.73. The van der Waals surface area contributed by atoms with Gasteiger partial charge < -0.3 is 9.64 Å². The van der Waals surface area contributed by atoms with Crippen LogP contribution in [0.25, 0.3) is 11.0 Å². The highest BCUT2D eigenvalue weighted by Gasteiger charge is 2.15. The number of carbonyl (C=O) groups is 1. The van der Waals surface area contributed by atoms with Crippen LogP contribution in [0.5, 0.6) is 5.88 Å². The second kappa shape index (κ2) is 4.59. The van der Waals surface area contributed by atoms with Crippen LogP contribution in [-0.2, 0) is 0 Å². The number of hydrogen-bond donors (Lipinski definition) is 0. The number of rotatable bonds is 2. The van der Waals surface area contributed by atoms with Crippen LogP contribution in [0.4, 0.5) is 4.79 Å². The van der Waals surface area contributed by atoms with Gasteiger partial charge in [0.15, 0.2) is 5.65 Å². The van der Waals surface area contributed by atoms with Gasteiger partial charge in [-0.05, 0) is 13.8 Å². The Labute approximate surface area is 104 Å². The predicted molar refractivity (Wildman–Crippen MR) is 65.4 cm³/mol. The highest BCUT2D eigenvalue weighted by atomic mass is 16.6. The lowest BCUT2D eigenvalue weighted by Gasteiger charge is -2.10. The van der Waals surface area contributed by atoms with Gasteiger partial charge in [0, 0.05) is 20.1 Å². The highest BCUT2D eigenvalue weighted by molar-refractivity contribution is 5.83. The lowest BCUT2D eigenvalue weighted by Crippen LogP contribution is -2.25. The van der Waals surface area contributed by atoms with Crippen molar-refractivity contribution in [3.63, 3.8) is 0 Å². The summed E-state index contributed by atoms with van der Waals surface area (Å²) < 4.78 is 6.92. The number of fused-ring (bicyclic) bond motifs is 1. The minimum Gasteiger partial charge on any atom is -0.390 e. The van der Waals surface area contributed by atoms with Gasteiger partial charge in [0.1, 0.15) is 11.7 Å². The first-order valence-corrected chi connectivity index (χ1v) is 5.58. The molecule has 7 nitrogen and oxygen atoms in total. The molecule has 2 aromatic rings. The Morgan fingerprint density at radius 2 is 2.11 bits per heavy atom. The summed E-state index contributed by atoms with van der Waals surface area (Å²) >= 11 is 0. The molecule has 0 aliphatic heterocycles.